The molecule has 0 aliphatic heterocycles. The van der Waals surface area contributed by atoms with Crippen LogP contribution in [-0.4, -0.2) is 95.7 Å². The van der Waals surface area contributed by atoms with Gasteiger partial charge in [0.1, 0.15) is 19.7 Å². The van der Waals surface area contributed by atoms with Crippen LogP contribution in [-0.2, 0) is 23.7 Å². The molecular formula is C45H90NO6+. The third-order valence-electron chi connectivity index (χ3n) is 9.81. The van der Waals surface area contributed by atoms with Crippen LogP contribution in [0.5, 0.6) is 0 Å². The van der Waals surface area contributed by atoms with Crippen LogP contribution in [0.4, 0.5) is 0 Å². The highest BCUT2D eigenvalue weighted by atomic mass is 16.5. The van der Waals surface area contributed by atoms with Crippen molar-refractivity contribution >= 4 is 0 Å². The zero-order valence-corrected chi connectivity index (χ0v) is 35.3. The molecule has 0 spiro atoms. The molecule has 1 N–H and O–H groups in total. The molecule has 0 heterocycles. The molecular weight excluding hydrogens is 650 g/mol. The highest BCUT2D eigenvalue weighted by Crippen LogP contribution is 2.14. The van der Waals surface area contributed by atoms with Gasteiger partial charge < -0.3 is 33.3 Å². The molecule has 0 radical (unpaired) electrons. The van der Waals surface area contributed by atoms with Gasteiger partial charge in [0.25, 0.3) is 0 Å². The molecule has 0 amide bonds. The van der Waals surface area contributed by atoms with Crippen LogP contribution < -0.4 is 0 Å². The highest BCUT2D eigenvalue weighted by Gasteiger charge is 2.23. The summed E-state index contributed by atoms with van der Waals surface area (Å²) in [5.74, 6) is 0. The average molecular weight is 741 g/mol. The summed E-state index contributed by atoms with van der Waals surface area (Å²) >= 11 is 0. The summed E-state index contributed by atoms with van der Waals surface area (Å²) in [7, 11) is 4.46. The lowest BCUT2D eigenvalue weighted by atomic mass is 10.0. The molecule has 0 bridgehead atoms. The zero-order chi connectivity index (χ0) is 37.9. The third-order valence-corrected chi connectivity index (χ3v) is 9.81. The van der Waals surface area contributed by atoms with E-state index in [-0.39, 0.29) is 12.7 Å². The summed E-state index contributed by atoms with van der Waals surface area (Å²) in [5.41, 5.74) is 0. The summed E-state index contributed by atoms with van der Waals surface area (Å²) in [6.07, 6.45) is 43.4. The van der Waals surface area contributed by atoms with Crippen molar-refractivity contribution in [3.63, 3.8) is 0 Å². The van der Waals surface area contributed by atoms with Crippen molar-refractivity contribution in [1.29, 1.82) is 0 Å². The second kappa shape index (κ2) is 42.6. The van der Waals surface area contributed by atoms with Crippen LogP contribution in [0.1, 0.15) is 181 Å². The SMILES string of the molecule is CCCCCCCCCCCCCCC=COCC(C[N+](C)(C)CCOCCOCCOCCO)OC=CCCCCCCCCCCCCCC. The topological polar surface area (TPSA) is 66.4 Å². The van der Waals surface area contributed by atoms with Crippen LogP contribution in [0.25, 0.3) is 0 Å². The summed E-state index contributed by atoms with van der Waals surface area (Å²) < 4.78 is 29.6. The average Bonchev–Trinajstić information content (AvgIpc) is 3.13. The monoisotopic (exact) mass is 741 g/mol. The van der Waals surface area contributed by atoms with Crippen LogP contribution in [0.15, 0.2) is 24.7 Å². The lowest BCUT2D eigenvalue weighted by Crippen LogP contribution is -2.48. The minimum atomic E-state index is -0.0215. The molecule has 0 aromatic carbocycles. The molecule has 1 unspecified atom stereocenters. The Morgan fingerprint density at radius 1 is 0.481 bits per heavy atom. The maximum Gasteiger partial charge on any atom is 0.180 e. The smallest absolute Gasteiger partial charge is 0.180 e. The molecule has 0 fully saturated rings. The lowest BCUT2D eigenvalue weighted by molar-refractivity contribution is -0.893. The van der Waals surface area contributed by atoms with Gasteiger partial charge in [-0.1, -0.05) is 155 Å². The number of aliphatic hydroxyl groups is 1. The van der Waals surface area contributed by atoms with Gasteiger partial charge in [-0.3, -0.25) is 0 Å². The van der Waals surface area contributed by atoms with E-state index >= 15 is 0 Å². The normalized spacial score (nSPS) is 12.8. The van der Waals surface area contributed by atoms with Gasteiger partial charge in [0.2, 0.25) is 0 Å². The number of hydrogen-bond acceptors (Lipinski definition) is 6. The van der Waals surface area contributed by atoms with E-state index in [1.165, 1.54) is 154 Å². The number of allylic oxidation sites excluding steroid dienone is 2. The predicted molar refractivity (Wildman–Crippen MR) is 222 cm³/mol. The molecule has 1 atom stereocenters. The van der Waals surface area contributed by atoms with Crippen molar-refractivity contribution < 1.29 is 33.3 Å². The highest BCUT2D eigenvalue weighted by molar-refractivity contribution is 4.77. The van der Waals surface area contributed by atoms with Crippen LogP contribution in [0, 0.1) is 0 Å². The number of hydrogen-bond donors (Lipinski definition) is 1. The van der Waals surface area contributed by atoms with E-state index in [1.807, 2.05) is 12.5 Å². The van der Waals surface area contributed by atoms with E-state index in [9.17, 15) is 0 Å². The van der Waals surface area contributed by atoms with Crippen LogP contribution in [0.2, 0.25) is 0 Å². The molecule has 0 aliphatic carbocycles. The second-order valence-corrected chi connectivity index (χ2v) is 15.6. The first kappa shape index (κ1) is 50.9. The fraction of sp³-hybridized carbons (Fsp3) is 0.911. The van der Waals surface area contributed by atoms with Gasteiger partial charge in [0.15, 0.2) is 6.10 Å². The van der Waals surface area contributed by atoms with Crippen LogP contribution in [0.3, 0.4) is 0 Å². The Hall–Kier alpha value is -1.12. The molecule has 0 rings (SSSR count). The molecule has 52 heavy (non-hydrogen) atoms. The van der Waals surface area contributed by atoms with Gasteiger partial charge in [-0.2, -0.15) is 0 Å². The summed E-state index contributed by atoms with van der Waals surface area (Å²) in [4.78, 5) is 0. The molecule has 7 heteroatoms. The van der Waals surface area contributed by atoms with E-state index in [0.717, 1.165) is 30.4 Å². The molecule has 0 saturated carbocycles. The van der Waals surface area contributed by atoms with E-state index in [1.54, 1.807) is 0 Å². The van der Waals surface area contributed by atoms with Gasteiger partial charge in [-0.25, -0.2) is 0 Å². The van der Waals surface area contributed by atoms with Crippen molar-refractivity contribution in [2.75, 3.05) is 80.0 Å². The van der Waals surface area contributed by atoms with Crippen molar-refractivity contribution in [3.8, 4) is 0 Å². The Kier molecular flexibility index (Phi) is 41.7. The second-order valence-electron chi connectivity index (χ2n) is 15.6. The van der Waals surface area contributed by atoms with Gasteiger partial charge in [-0.15, -0.1) is 0 Å². The molecule has 0 aromatic heterocycles. The fourth-order valence-corrected chi connectivity index (χ4v) is 6.44. The van der Waals surface area contributed by atoms with Crippen molar-refractivity contribution in [2.24, 2.45) is 0 Å². The van der Waals surface area contributed by atoms with Gasteiger partial charge in [0.05, 0.1) is 72.9 Å². The molecule has 7 nitrogen and oxygen atoms in total. The summed E-state index contributed by atoms with van der Waals surface area (Å²) in [6, 6.07) is 0. The van der Waals surface area contributed by atoms with Gasteiger partial charge in [-0.05, 0) is 37.8 Å². The quantitative estimate of drug-likeness (QED) is 0.0381. The Labute approximate surface area is 324 Å². The van der Waals surface area contributed by atoms with E-state index in [0.29, 0.717) is 46.2 Å². The van der Waals surface area contributed by atoms with Gasteiger partial charge >= 0.3 is 0 Å². The van der Waals surface area contributed by atoms with E-state index in [4.69, 9.17) is 28.8 Å². The van der Waals surface area contributed by atoms with Gasteiger partial charge in [0, 0.05) is 0 Å². The summed E-state index contributed by atoms with van der Waals surface area (Å²) in [5, 5.41) is 8.75. The van der Waals surface area contributed by atoms with Crippen LogP contribution >= 0.6 is 0 Å². The van der Waals surface area contributed by atoms with E-state index in [2.05, 4.69) is 40.1 Å². The largest absolute Gasteiger partial charge is 0.497 e. The minimum absolute atomic E-state index is 0.0215. The number of aliphatic hydroxyl groups excluding tert-OH is 1. The number of quaternary nitrogens is 1. The zero-order valence-electron chi connectivity index (χ0n) is 35.3. The number of likely N-dealkylation sites (N-methyl/N-ethyl adjacent to an activating group) is 1. The molecule has 0 aromatic rings. The molecule has 0 saturated heterocycles. The standard InChI is InChI=1S/C45H90NO6/c1-5-7-9-11-13-15-17-19-21-23-25-27-29-31-35-51-44-45(43-46(3,4)33-37-48-39-41-50-42-40-49-38-34-47)52-36-32-30-28-26-24-22-20-18-16-14-12-10-8-6-2/h31-32,35-36,45,47H,5-30,33-34,37-44H2,1-4H3/q+1. The first-order valence-corrected chi connectivity index (χ1v) is 22.3. The Morgan fingerprint density at radius 3 is 1.31 bits per heavy atom. The van der Waals surface area contributed by atoms with Crippen molar-refractivity contribution in [3.05, 3.63) is 24.7 Å². The summed E-state index contributed by atoms with van der Waals surface area (Å²) in [6.45, 7) is 10.0. The van der Waals surface area contributed by atoms with E-state index < -0.39 is 0 Å². The van der Waals surface area contributed by atoms with Crippen molar-refractivity contribution in [2.45, 2.75) is 187 Å². The lowest BCUT2D eigenvalue weighted by Gasteiger charge is -2.32. The maximum atomic E-state index is 8.75. The van der Waals surface area contributed by atoms with Crippen molar-refractivity contribution in [1.82, 2.24) is 0 Å². The Bertz CT molecular complexity index is 731. The predicted octanol–water partition coefficient (Wildman–Crippen LogP) is 11.7. The first-order valence-electron chi connectivity index (χ1n) is 22.3. The fourth-order valence-electron chi connectivity index (χ4n) is 6.44. The number of nitrogens with zero attached hydrogens (tertiary/aromatic N) is 1. The Morgan fingerprint density at radius 2 is 0.865 bits per heavy atom. The minimum Gasteiger partial charge on any atom is -0.497 e. The maximum absolute atomic E-state index is 8.75. The molecule has 310 valence electrons. The number of unbranched alkanes of at least 4 members (excludes halogenated alkanes) is 24. The number of rotatable bonds is 44. The first-order chi connectivity index (χ1) is 25.6. The number of ether oxygens (including phenoxy) is 5. The Balaban J connectivity index is 4.31. The molecule has 0 aliphatic rings. The third kappa shape index (κ3) is 41.6.